The third kappa shape index (κ3) is 2.11. The van der Waals surface area contributed by atoms with Crippen molar-refractivity contribution in [3.05, 3.63) is 35.9 Å². The highest BCUT2D eigenvalue weighted by molar-refractivity contribution is 5.94. The maximum Gasteiger partial charge on any atom is 0.254 e. The Kier molecular flexibility index (Phi) is 3.28. The average molecular weight is 217 g/mol. The number of hydrogen-bond acceptors (Lipinski definition) is 1. The molecule has 0 aliphatic carbocycles. The molecule has 2 atom stereocenters. The van der Waals surface area contributed by atoms with E-state index in [0.29, 0.717) is 12.0 Å². The quantitative estimate of drug-likeness (QED) is 0.708. The van der Waals surface area contributed by atoms with Crippen LogP contribution >= 0.6 is 0 Å². The van der Waals surface area contributed by atoms with Gasteiger partial charge in [0, 0.05) is 18.2 Å². The Labute approximate surface area is 97.3 Å². The molecule has 0 radical (unpaired) electrons. The zero-order valence-electron chi connectivity index (χ0n) is 10.0. The molecule has 2 nitrogen and oxygen atoms in total. The Bertz CT molecular complexity index is 360. The van der Waals surface area contributed by atoms with Gasteiger partial charge >= 0.3 is 0 Å². The predicted molar refractivity (Wildman–Crippen MR) is 65.3 cm³/mol. The van der Waals surface area contributed by atoms with Crippen LogP contribution < -0.4 is 0 Å². The first-order chi connectivity index (χ1) is 7.70. The molecule has 1 aromatic rings. The fourth-order valence-corrected chi connectivity index (χ4v) is 2.37. The lowest BCUT2D eigenvalue weighted by Crippen LogP contribution is -2.45. The average Bonchev–Trinajstić information content (AvgIpc) is 2.33. The van der Waals surface area contributed by atoms with Gasteiger partial charge in [-0.3, -0.25) is 4.79 Å². The summed E-state index contributed by atoms with van der Waals surface area (Å²) in [5.74, 6) is 0.793. The van der Waals surface area contributed by atoms with Crippen molar-refractivity contribution < 1.29 is 4.79 Å². The standard InChI is InChI=1S/C14H19NO/c1-11-7-6-10-15(12(11)2)14(16)13-8-4-3-5-9-13/h3-5,8-9,11-12H,6-7,10H2,1-2H3. The van der Waals surface area contributed by atoms with Gasteiger partial charge in [0.15, 0.2) is 0 Å². The monoisotopic (exact) mass is 217 g/mol. The van der Waals surface area contributed by atoms with Crippen molar-refractivity contribution in [2.75, 3.05) is 6.54 Å². The molecule has 1 saturated heterocycles. The molecular formula is C14H19NO. The van der Waals surface area contributed by atoms with Crippen LogP contribution in [0.5, 0.6) is 0 Å². The van der Waals surface area contributed by atoms with Gasteiger partial charge in [-0.2, -0.15) is 0 Å². The van der Waals surface area contributed by atoms with Crippen LogP contribution in [0.1, 0.15) is 37.0 Å². The lowest BCUT2D eigenvalue weighted by atomic mass is 9.91. The number of amides is 1. The van der Waals surface area contributed by atoms with Crippen LogP contribution in [0.2, 0.25) is 0 Å². The Hall–Kier alpha value is -1.31. The normalized spacial score (nSPS) is 25.5. The van der Waals surface area contributed by atoms with E-state index in [2.05, 4.69) is 13.8 Å². The van der Waals surface area contributed by atoms with Crippen LogP contribution in [0.3, 0.4) is 0 Å². The van der Waals surface area contributed by atoms with Crippen LogP contribution in [-0.2, 0) is 0 Å². The zero-order valence-corrected chi connectivity index (χ0v) is 10.0. The molecule has 1 heterocycles. The predicted octanol–water partition coefficient (Wildman–Crippen LogP) is 2.95. The minimum absolute atomic E-state index is 0.180. The van der Waals surface area contributed by atoms with Crippen molar-refractivity contribution in [2.45, 2.75) is 32.7 Å². The Morgan fingerprint density at radius 2 is 1.94 bits per heavy atom. The summed E-state index contributed by atoms with van der Waals surface area (Å²) in [6.07, 6.45) is 2.36. The van der Waals surface area contributed by atoms with Crippen molar-refractivity contribution in [3.63, 3.8) is 0 Å². The number of carbonyl (C=O) groups excluding carboxylic acids is 1. The summed E-state index contributed by atoms with van der Waals surface area (Å²) in [5, 5.41) is 0. The third-order valence-electron chi connectivity index (χ3n) is 3.66. The van der Waals surface area contributed by atoms with Crippen molar-refractivity contribution in [1.29, 1.82) is 0 Å². The largest absolute Gasteiger partial charge is 0.336 e. The van der Waals surface area contributed by atoms with Gasteiger partial charge in [0.25, 0.3) is 5.91 Å². The second-order valence-corrected chi connectivity index (χ2v) is 4.72. The molecular weight excluding hydrogens is 198 g/mol. The van der Waals surface area contributed by atoms with Crippen molar-refractivity contribution in [3.8, 4) is 0 Å². The molecule has 1 aliphatic rings. The fourth-order valence-electron chi connectivity index (χ4n) is 2.37. The highest BCUT2D eigenvalue weighted by Gasteiger charge is 2.28. The molecule has 0 spiro atoms. The van der Waals surface area contributed by atoms with E-state index in [0.717, 1.165) is 18.5 Å². The SMILES string of the molecule is CC1CCCN(C(=O)c2ccccc2)C1C. The smallest absolute Gasteiger partial charge is 0.254 e. The van der Waals surface area contributed by atoms with Gasteiger partial charge in [0.05, 0.1) is 0 Å². The van der Waals surface area contributed by atoms with E-state index in [1.165, 1.54) is 6.42 Å². The number of carbonyl (C=O) groups is 1. The summed E-state index contributed by atoms with van der Waals surface area (Å²) in [6, 6.07) is 9.94. The second-order valence-electron chi connectivity index (χ2n) is 4.72. The van der Waals surface area contributed by atoms with Gasteiger partial charge in [-0.05, 0) is 37.8 Å². The molecule has 2 heteroatoms. The number of likely N-dealkylation sites (tertiary alicyclic amines) is 1. The maximum absolute atomic E-state index is 12.3. The first-order valence-electron chi connectivity index (χ1n) is 6.06. The Balaban J connectivity index is 2.15. The fraction of sp³-hybridized carbons (Fsp3) is 0.500. The van der Waals surface area contributed by atoms with E-state index in [1.807, 2.05) is 35.2 Å². The number of piperidine rings is 1. The molecule has 2 rings (SSSR count). The number of nitrogens with zero attached hydrogens (tertiary/aromatic N) is 1. The lowest BCUT2D eigenvalue weighted by molar-refractivity contribution is 0.0551. The van der Waals surface area contributed by atoms with Gasteiger partial charge < -0.3 is 4.90 Å². The minimum Gasteiger partial charge on any atom is -0.336 e. The van der Waals surface area contributed by atoms with Crippen molar-refractivity contribution in [2.24, 2.45) is 5.92 Å². The number of benzene rings is 1. The molecule has 1 aromatic carbocycles. The van der Waals surface area contributed by atoms with E-state index in [-0.39, 0.29) is 5.91 Å². The van der Waals surface area contributed by atoms with Gasteiger partial charge in [-0.1, -0.05) is 25.1 Å². The highest BCUT2D eigenvalue weighted by Crippen LogP contribution is 2.24. The molecule has 86 valence electrons. The van der Waals surface area contributed by atoms with Crippen molar-refractivity contribution in [1.82, 2.24) is 4.90 Å². The molecule has 1 fully saturated rings. The van der Waals surface area contributed by atoms with Crippen LogP contribution in [0.25, 0.3) is 0 Å². The molecule has 0 bridgehead atoms. The zero-order chi connectivity index (χ0) is 11.5. The highest BCUT2D eigenvalue weighted by atomic mass is 16.2. The minimum atomic E-state index is 0.180. The van der Waals surface area contributed by atoms with Gasteiger partial charge in [0.1, 0.15) is 0 Å². The summed E-state index contributed by atoms with van der Waals surface area (Å²) in [6.45, 7) is 5.29. The van der Waals surface area contributed by atoms with E-state index in [1.54, 1.807) is 0 Å². The number of hydrogen-bond donors (Lipinski definition) is 0. The molecule has 0 N–H and O–H groups in total. The van der Waals surface area contributed by atoms with Crippen LogP contribution in [0, 0.1) is 5.92 Å². The second kappa shape index (κ2) is 4.69. The molecule has 1 aliphatic heterocycles. The molecule has 16 heavy (non-hydrogen) atoms. The van der Waals surface area contributed by atoms with Crippen LogP contribution in [0.4, 0.5) is 0 Å². The van der Waals surface area contributed by atoms with E-state index in [9.17, 15) is 4.79 Å². The number of rotatable bonds is 1. The molecule has 0 aromatic heterocycles. The summed E-state index contributed by atoms with van der Waals surface area (Å²) >= 11 is 0. The summed E-state index contributed by atoms with van der Waals surface area (Å²) < 4.78 is 0. The van der Waals surface area contributed by atoms with Gasteiger partial charge in [0.2, 0.25) is 0 Å². The van der Waals surface area contributed by atoms with Gasteiger partial charge in [-0.15, -0.1) is 0 Å². The van der Waals surface area contributed by atoms with Crippen LogP contribution in [-0.4, -0.2) is 23.4 Å². The lowest BCUT2D eigenvalue weighted by Gasteiger charge is -2.38. The topological polar surface area (TPSA) is 20.3 Å². The molecule has 0 saturated carbocycles. The molecule has 2 unspecified atom stereocenters. The Morgan fingerprint density at radius 3 is 2.62 bits per heavy atom. The first kappa shape index (κ1) is 11.2. The van der Waals surface area contributed by atoms with E-state index < -0.39 is 0 Å². The summed E-state index contributed by atoms with van der Waals surface area (Å²) in [7, 11) is 0. The van der Waals surface area contributed by atoms with Crippen molar-refractivity contribution >= 4 is 5.91 Å². The van der Waals surface area contributed by atoms with Crippen LogP contribution in [0.15, 0.2) is 30.3 Å². The van der Waals surface area contributed by atoms with E-state index in [4.69, 9.17) is 0 Å². The first-order valence-corrected chi connectivity index (χ1v) is 6.06. The summed E-state index contributed by atoms with van der Waals surface area (Å²) in [5.41, 5.74) is 0.809. The molecule has 1 amide bonds. The third-order valence-corrected chi connectivity index (χ3v) is 3.66. The van der Waals surface area contributed by atoms with E-state index >= 15 is 0 Å². The summed E-state index contributed by atoms with van der Waals surface area (Å²) in [4.78, 5) is 14.3. The Morgan fingerprint density at radius 1 is 1.25 bits per heavy atom. The maximum atomic E-state index is 12.3. The van der Waals surface area contributed by atoms with Gasteiger partial charge in [-0.25, -0.2) is 0 Å².